The maximum atomic E-state index is 12.1. The third-order valence-electron chi connectivity index (χ3n) is 3.17. The third kappa shape index (κ3) is 6.39. The van der Waals surface area contributed by atoms with Crippen LogP contribution in [0.1, 0.15) is 44.6 Å². The molecule has 3 nitrogen and oxygen atoms in total. The van der Waals surface area contributed by atoms with Crippen LogP contribution in [-0.4, -0.2) is 24.0 Å². The number of benzene rings is 1. The van der Waals surface area contributed by atoms with Crippen molar-refractivity contribution in [2.45, 2.75) is 45.6 Å². The fourth-order valence-corrected chi connectivity index (χ4v) is 2.07. The van der Waals surface area contributed by atoms with E-state index in [1.165, 1.54) is 12.8 Å². The first-order valence-corrected chi connectivity index (χ1v) is 7.17. The van der Waals surface area contributed by atoms with Gasteiger partial charge in [-0.25, -0.2) is 5.11 Å². The van der Waals surface area contributed by atoms with Gasteiger partial charge >= 0.3 is 0 Å². The molecule has 3 heteroatoms. The predicted octanol–water partition coefficient (Wildman–Crippen LogP) is 3.42. The third-order valence-corrected chi connectivity index (χ3v) is 3.17. The smallest absolute Gasteiger partial charge is 0.222 e. The van der Waals surface area contributed by atoms with Crippen LogP contribution in [-0.2, 0) is 16.4 Å². The van der Waals surface area contributed by atoms with Crippen molar-refractivity contribution in [3.63, 3.8) is 0 Å². The molecule has 0 fully saturated rings. The zero-order valence-electron chi connectivity index (χ0n) is 11.8. The minimum Gasteiger partial charge on any atom is -0.336 e. The molecule has 0 aliphatic carbocycles. The van der Waals surface area contributed by atoms with Gasteiger partial charge in [-0.05, 0) is 12.0 Å². The summed E-state index contributed by atoms with van der Waals surface area (Å²) < 4.78 is 0. The molecule has 1 aromatic carbocycles. The van der Waals surface area contributed by atoms with Crippen LogP contribution in [0.25, 0.3) is 0 Å². The average Bonchev–Trinajstić information content (AvgIpc) is 2.44. The lowest BCUT2D eigenvalue weighted by Crippen LogP contribution is -2.32. The monoisotopic (exact) mass is 262 g/mol. The van der Waals surface area contributed by atoms with Crippen LogP contribution in [0, 0.1) is 0 Å². The highest BCUT2D eigenvalue weighted by Gasteiger charge is 2.13. The number of hydrogen-bond donors (Lipinski definition) is 0. The second-order valence-corrected chi connectivity index (χ2v) is 4.82. The molecule has 0 heterocycles. The Labute approximate surface area is 116 Å². The van der Waals surface area contributed by atoms with Gasteiger partial charge in [-0.1, -0.05) is 56.5 Å². The van der Waals surface area contributed by atoms with E-state index in [0.29, 0.717) is 19.5 Å². The Morgan fingerprint density at radius 3 is 2.47 bits per heavy atom. The SMILES string of the molecule is CCCCCCC(=O)N(CC[O])Cc1ccccc1. The molecule has 0 saturated heterocycles. The van der Waals surface area contributed by atoms with Crippen LogP contribution >= 0.6 is 0 Å². The fourth-order valence-electron chi connectivity index (χ4n) is 2.07. The van der Waals surface area contributed by atoms with Gasteiger partial charge in [0.05, 0.1) is 6.61 Å². The van der Waals surface area contributed by atoms with Gasteiger partial charge in [0.1, 0.15) is 0 Å². The van der Waals surface area contributed by atoms with E-state index in [-0.39, 0.29) is 12.5 Å². The van der Waals surface area contributed by atoms with E-state index in [0.717, 1.165) is 18.4 Å². The van der Waals surface area contributed by atoms with Crippen LogP contribution in [0.5, 0.6) is 0 Å². The summed E-state index contributed by atoms with van der Waals surface area (Å²) in [7, 11) is 0. The molecule has 0 aromatic heterocycles. The maximum absolute atomic E-state index is 12.1. The second kappa shape index (κ2) is 9.56. The van der Waals surface area contributed by atoms with Crippen molar-refractivity contribution < 1.29 is 9.90 Å². The summed E-state index contributed by atoms with van der Waals surface area (Å²) in [5, 5.41) is 10.8. The predicted molar refractivity (Wildman–Crippen MR) is 76.2 cm³/mol. The molecule has 0 N–H and O–H groups in total. The second-order valence-electron chi connectivity index (χ2n) is 4.82. The lowest BCUT2D eigenvalue weighted by molar-refractivity contribution is -0.132. The van der Waals surface area contributed by atoms with Crippen LogP contribution in [0.4, 0.5) is 0 Å². The van der Waals surface area contributed by atoms with E-state index in [2.05, 4.69) is 6.92 Å². The molecule has 0 aliphatic rings. The van der Waals surface area contributed by atoms with E-state index in [1.54, 1.807) is 4.90 Å². The lowest BCUT2D eigenvalue weighted by Gasteiger charge is -2.21. The summed E-state index contributed by atoms with van der Waals surface area (Å²) in [4.78, 5) is 13.8. The molecule has 0 unspecified atom stereocenters. The summed E-state index contributed by atoms with van der Waals surface area (Å²) >= 11 is 0. The maximum Gasteiger partial charge on any atom is 0.222 e. The molecule has 1 radical (unpaired) electrons. The highest BCUT2D eigenvalue weighted by Crippen LogP contribution is 2.09. The number of amides is 1. The van der Waals surface area contributed by atoms with Gasteiger partial charge in [0.25, 0.3) is 0 Å². The Bertz CT molecular complexity index is 351. The molecule has 0 atom stereocenters. The topological polar surface area (TPSA) is 40.2 Å². The summed E-state index contributed by atoms with van der Waals surface area (Å²) in [5.74, 6) is 0.107. The van der Waals surface area contributed by atoms with Crippen molar-refractivity contribution in [3.8, 4) is 0 Å². The van der Waals surface area contributed by atoms with Gasteiger partial charge in [0.15, 0.2) is 0 Å². The highest BCUT2D eigenvalue weighted by atomic mass is 16.3. The van der Waals surface area contributed by atoms with Crippen molar-refractivity contribution in [1.82, 2.24) is 4.90 Å². The summed E-state index contributed by atoms with van der Waals surface area (Å²) in [6, 6.07) is 9.84. The van der Waals surface area contributed by atoms with Gasteiger partial charge < -0.3 is 4.90 Å². The largest absolute Gasteiger partial charge is 0.336 e. The Kier molecular flexibility index (Phi) is 7.91. The summed E-state index contributed by atoms with van der Waals surface area (Å²) in [6.45, 7) is 2.78. The van der Waals surface area contributed by atoms with Gasteiger partial charge in [-0.15, -0.1) is 0 Å². The summed E-state index contributed by atoms with van der Waals surface area (Å²) in [6.07, 6.45) is 4.93. The molecular weight excluding hydrogens is 238 g/mol. The lowest BCUT2D eigenvalue weighted by atomic mass is 10.1. The first-order valence-electron chi connectivity index (χ1n) is 7.17. The van der Waals surface area contributed by atoms with Crippen LogP contribution in [0.3, 0.4) is 0 Å². The zero-order chi connectivity index (χ0) is 13.9. The normalized spacial score (nSPS) is 10.4. The number of hydrogen-bond acceptors (Lipinski definition) is 1. The molecule has 0 saturated carbocycles. The number of rotatable bonds is 9. The summed E-state index contributed by atoms with van der Waals surface area (Å²) in [5.41, 5.74) is 1.08. The van der Waals surface area contributed by atoms with Crippen LogP contribution < -0.4 is 0 Å². The Hall–Kier alpha value is -1.35. The van der Waals surface area contributed by atoms with E-state index in [9.17, 15) is 9.90 Å². The van der Waals surface area contributed by atoms with Crippen LogP contribution in [0.2, 0.25) is 0 Å². The number of nitrogens with zero attached hydrogens (tertiary/aromatic N) is 1. The van der Waals surface area contributed by atoms with E-state index < -0.39 is 0 Å². The van der Waals surface area contributed by atoms with Gasteiger partial charge in [-0.3, -0.25) is 4.79 Å². The highest BCUT2D eigenvalue weighted by molar-refractivity contribution is 5.76. The standard InChI is InChI=1S/C16H24NO2/c1-2-3-4-8-11-16(19)17(12-13-18)14-15-9-6-5-7-10-15/h5-7,9-10H,2-4,8,11-14H2,1H3. The first kappa shape index (κ1) is 15.7. The molecule has 19 heavy (non-hydrogen) atoms. The number of carbonyl (C=O) groups excluding carboxylic acids is 1. The van der Waals surface area contributed by atoms with E-state index >= 15 is 0 Å². The Balaban J connectivity index is 2.44. The van der Waals surface area contributed by atoms with Crippen molar-refractivity contribution in [1.29, 1.82) is 0 Å². The van der Waals surface area contributed by atoms with Gasteiger partial charge in [-0.2, -0.15) is 0 Å². The fraction of sp³-hybridized carbons (Fsp3) is 0.562. The van der Waals surface area contributed by atoms with E-state index in [1.807, 2.05) is 30.3 Å². The van der Waals surface area contributed by atoms with Crippen molar-refractivity contribution in [3.05, 3.63) is 35.9 Å². The number of carbonyl (C=O) groups is 1. The minimum atomic E-state index is -0.229. The van der Waals surface area contributed by atoms with Gasteiger partial charge in [0, 0.05) is 19.5 Å². The molecular formula is C16H24NO2. The molecule has 105 valence electrons. The van der Waals surface area contributed by atoms with Crippen molar-refractivity contribution >= 4 is 5.91 Å². The van der Waals surface area contributed by atoms with Crippen molar-refractivity contribution in [2.75, 3.05) is 13.2 Å². The van der Waals surface area contributed by atoms with Gasteiger partial charge in [0.2, 0.25) is 5.91 Å². The molecule has 1 amide bonds. The Morgan fingerprint density at radius 2 is 1.84 bits per heavy atom. The molecule has 0 bridgehead atoms. The first-order chi connectivity index (χ1) is 9.27. The average molecular weight is 262 g/mol. The van der Waals surface area contributed by atoms with E-state index in [4.69, 9.17) is 0 Å². The molecule has 0 spiro atoms. The molecule has 0 aliphatic heterocycles. The molecule has 1 rings (SSSR count). The minimum absolute atomic E-state index is 0.107. The van der Waals surface area contributed by atoms with Crippen LogP contribution in [0.15, 0.2) is 30.3 Å². The Morgan fingerprint density at radius 1 is 1.11 bits per heavy atom. The van der Waals surface area contributed by atoms with Crippen molar-refractivity contribution in [2.24, 2.45) is 0 Å². The zero-order valence-corrected chi connectivity index (χ0v) is 11.8. The molecule has 1 aromatic rings. The number of unbranched alkanes of at least 4 members (excludes halogenated alkanes) is 3. The quantitative estimate of drug-likeness (QED) is 0.629.